The molecule has 5 nitrogen and oxygen atoms in total. The molecule has 6 rings (SSSR count). The number of benzene rings is 1. The molecule has 6 atom stereocenters. The topological polar surface area (TPSA) is 73.5 Å². The van der Waals surface area contributed by atoms with Crippen LogP contribution in [-0.4, -0.2) is 23.0 Å². The third-order valence-electron chi connectivity index (χ3n) is 6.00. The molecule has 1 heterocycles. The first-order valence-electron chi connectivity index (χ1n) is 8.29. The van der Waals surface area contributed by atoms with E-state index in [1.165, 1.54) is 6.21 Å². The number of nitriles is 1. The predicted molar refractivity (Wildman–Crippen MR) is 85.3 cm³/mol. The van der Waals surface area contributed by atoms with Crippen LogP contribution in [0.4, 0.5) is 0 Å². The summed E-state index contributed by atoms with van der Waals surface area (Å²) in [5, 5.41) is 14.1. The van der Waals surface area contributed by atoms with E-state index < -0.39 is 0 Å². The minimum absolute atomic E-state index is 0.153. The van der Waals surface area contributed by atoms with Gasteiger partial charge < -0.3 is 0 Å². The number of hydrazone groups is 1. The van der Waals surface area contributed by atoms with Crippen LogP contribution in [0.15, 0.2) is 41.5 Å². The summed E-state index contributed by atoms with van der Waals surface area (Å²) in [6.07, 6.45) is 6.98. The molecule has 1 aromatic carbocycles. The van der Waals surface area contributed by atoms with Gasteiger partial charge in [0.2, 0.25) is 0 Å². The minimum Gasteiger partial charge on any atom is -0.272 e. The second-order valence-corrected chi connectivity index (χ2v) is 7.12. The number of hydrogen-bond acceptors (Lipinski definition) is 4. The van der Waals surface area contributed by atoms with Gasteiger partial charge in [0.25, 0.3) is 11.8 Å². The summed E-state index contributed by atoms with van der Waals surface area (Å²) in [6.45, 7) is 0. The van der Waals surface area contributed by atoms with Crippen molar-refractivity contribution in [1.29, 1.82) is 5.26 Å². The van der Waals surface area contributed by atoms with Crippen molar-refractivity contribution in [3.05, 3.63) is 47.5 Å². The van der Waals surface area contributed by atoms with Crippen LogP contribution in [0, 0.1) is 46.8 Å². The van der Waals surface area contributed by atoms with Gasteiger partial charge in [-0.1, -0.05) is 24.3 Å². The monoisotopic (exact) mass is 317 g/mol. The Hall–Kier alpha value is -2.74. The molecule has 0 spiro atoms. The summed E-state index contributed by atoms with van der Waals surface area (Å²) < 4.78 is 0. The van der Waals surface area contributed by atoms with Gasteiger partial charge in [-0.2, -0.15) is 15.4 Å². The molecule has 3 fully saturated rings. The number of imide groups is 1. The van der Waals surface area contributed by atoms with E-state index in [-0.39, 0.29) is 35.5 Å². The summed E-state index contributed by atoms with van der Waals surface area (Å²) in [7, 11) is 0. The van der Waals surface area contributed by atoms with E-state index in [0.29, 0.717) is 17.4 Å². The SMILES string of the molecule is N#Cc1ccc(C=NN2C(=O)[C@@H]3[C@H]4C=C[C@@H]([C@@H]5C[C@@H]45)[C@H]3C2=O)cc1. The number of carbonyl (C=O) groups is 2. The van der Waals surface area contributed by atoms with Crippen LogP contribution < -0.4 is 0 Å². The van der Waals surface area contributed by atoms with Crippen molar-refractivity contribution in [1.82, 2.24) is 5.01 Å². The van der Waals surface area contributed by atoms with E-state index in [1.807, 2.05) is 0 Å². The maximum absolute atomic E-state index is 12.7. The molecule has 0 radical (unpaired) electrons. The van der Waals surface area contributed by atoms with Gasteiger partial charge in [0.05, 0.1) is 29.7 Å². The number of allylic oxidation sites excluding steroid dienone is 2. The van der Waals surface area contributed by atoms with Crippen LogP contribution in [0.2, 0.25) is 0 Å². The molecule has 5 heteroatoms. The van der Waals surface area contributed by atoms with Crippen LogP contribution >= 0.6 is 0 Å². The first-order chi connectivity index (χ1) is 11.7. The Kier molecular flexibility index (Phi) is 2.64. The average Bonchev–Trinajstić information content (AvgIpc) is 3.39. The van der Waals surface area contributed by atoms with Gasteiger partial charge in [0, 0.05) is 0 Å². The van der Waals surface area contributed by atoms with Gasteiger partial charge in [0.1, 0.15) is 0 Å². The molecule has 1 aliphatic heterocycles. The molecule has 24 heavy (non-hydrogen) atoms. The number of hydrogen-bond donors (Lipinski definition) is 0. The molecule has 2 bridgehead atoms. The average molecular weight is 317 g/mol. The Morgan fingerprint density at radius 3 is 2.17 bits per heavy atom. The number of rotatable bonds is 2. The van der Waals surface area contributed by atoms with Gasteiger partial charge in [-0.25, -0.2) is 0 Å². The maximum atomic E-state index is 12.7. The molecule has 1 aromatic rings. The van der Waals surface area contributed by atoms with Crippen molar-refractivity contribution in [2.75, 3.05) is 0 Å². The van der Waals surface area contributed by atoms with Gasteiger partial charge in [-0.3, -0.25) is 9.59 Å². The second kappa shape index (κ2) is 4.64. The standard InChI is InChI=1S/C19H15N3O2/c20-8-10-1-3-11(4-2-10)9-21-22-18(23)16-12-5-6-13(15-7-14(12)15)17(16)19(22)24/h1-6,9,12-17H,7H2/t12-,13-,14-,15-,16+,17+/m0/s1. The third kappa shape index (κ3) is 1.71. The zero-order valence-corrected chi connectivity index (χ0v) is 12.9. The quantitative estimate of drug-likeness (QED) is 0.475. The molecule has 1 saturated heterocycles. The molecule has 0 unspecified atom stereocenters. The van der Waals surface area contributed by atoms with Crippen molar-refractivity contribution < 1.29 is 9.59 Å². The highest BCUT2D eigenvalue weighted by Crippen LogP contribution is 2.65. The lowest BCUT2D eigenvalue weighted by molar-refractivity contribution is -0.140. The van der Waals surface area contributed by atoms with E-state index in [4.69, 9.17) is 5.26 Å². The number of carbonyl (C=O) groups excluding carboxylic acids is 2. The zero-order valence-electron chi connectivity index (χ0n) is 12.9. The molecule has 4 aliphatic carbocycles. The molecule has 2 saturated carbocycles. The number of amides is 2. The number of nitrogens with zero attached hydrogens (tertiary/aromatic N) is 3. The fourth-order valence-electron chi connectivity index (χ4n) is 4.82. The first kappa shape index (κ1) is 13.7. The normalized spacial score (nSPS) is 38.4. The first-order valence-corrected chi connectivity index (χ1v) is 8.29. The summed E-state index contributed by atoms with van der Waals surface area (Å²) in [5.74, 6) is 0.900. The molecule has 0 aromatic heterocycles. The van der Waals surface area contributed by atoms with Crippen LogP contribution in [0.1, 0.15) is 17.5 Å². The Bertz CT molecular complexity index is 812. The van der Waals surface area contributed by atoms with E-state index in [9.17, 15) is 9.59 Å². The molecular weight excluding hydrogens is 302 g/mol. The Morgan fingerprint density at radius 2 is 1.62 bits per heavy atom. The molecular formula is C19H15N3O2. The summed E-state index contributed by atoms with van der Waals surface area (Å²) >= 11 is 0. The summed E-state index contributed by atoms with van der Waals surface area (Å²) in [4.78, 5) is 25.5. The van der Waals surface area contributed by atoms with Crippen molar-refractivity contribution in [2.45, 2.75) is 6.42 Å². The Labute approximate surface area is 139 Å². The predicted octanol–water partition coefficient (Wildman–Crippen LogP) is 1.95. The fraction of sp³-hybridized carbons (Fsp3) is 0.368. The summed E-state index contributed by atoms with van der Waals surface area (Å²) in [6, 6.07) is 8.93. The molecule has 5 aliphatic rings. The highest BCUT2D eigenvalue weighted by atomic mass is 16.2. The smallest absolute Gasteiger partial charge is 0.254 e. The van der Waals surface area contributed by atoms with Gasteiger partial charge in [-0.15, -0.1) is 0 Å². The van der Waals surface area contributed by atoms with Gasteiger partial charge >= 0.3 is 0 Å². The minimum atomic E-state index is -0.214. The highest BCUT2D eigenvalue weighted by molar-refractivity contribution is 6.06. The van der Waals surface area contributed by atoms with Crippen molar-refractivity contribution in [3.8, 4) is 6.07 Å². The second-order valence-electron chi connectivity index (χ2n) is 7.12. The lowest BCUT2D eigenvalue weighted by Crippen LogP contribution is -2.40. The Morgan fingerprint density at radius 1 is 1.04 bits per heavy atom. The zero-order chi connectivity index (χ0) is 16.4. The van der Waals surface area contributed by atoms with Crippen LogP contribution in [-0.2, 0) is 9.59 Å². The molecule has 0 N–H and O–H groups in total. The van der Waals surface area contributed by atoms with E-state index in [1.54, 1.807) is 24.3 Å². The van der Waals surface area contributed by atoms with Crippen molar-refractivity contribution in [2.24, 2.45) is 40.6 Å². The third-order valence-corrected chi connectivity index (χ3v) is 6.00. The van der Waals surface area contributed by atoms with E-state index in [2.05, 4.69) is 23.3 Å². The van der Waals surface area contributed by atoms with E-state index >= 15 is 0 Å². The molecule has 118 valence electrons. The highest BCUT2D eigenvalue weighted by Gasteiger charge is 2.67. The van der Waals surface area contributed by atoms with Crippen molar-refractivity contribution >= 4 is 18.0 Å². The fourth-order valence-corrected chi connectivity index (χ4v) is 4.82. The van der Waals surface area contributed by atoms with Crippen molar-refractivity contribution in [3.63, 3.8) is 0 Å². The van der Waals surface area contributed by atoms with Crippen LogP contribution in [0.5, 0.6) is 0 Å². The van der Waals surface area contributed by atoms with Crippen LogP contribution in [0.3, 0.4) is 0 Å². The lowest BCUT2D eigenvalue weighted by atomic mass is 9.63. The van der Waals surface area contributed by atoms with E-state index in [0.717, 1.165) is 17.0 Å². The maximum Gasteiger partial charge on any atom is 0.254 e. The van der Waals surface area contributed by atoms with Gasteiger partial charge in [0.15, 0.2) is 0 Å². The Balaban J connectivity index is 1.42. The summed E-state index contributed by atoms with van der Waals surface area (Å²) in [5.41, 5.74) is 1.32. The van der Waals surface area contributed by atoms with Gasteiger partial charge in [-0.05, 0) is 47.8 Å². The van der Waals surface area contributed by atoms with Crippen LogP contribution in [0.25, 0.3) is 0 Å². The largest absolute Gasteiger partial charge is 0.272 e. The lowest BCUT2D eigenvalue weighted by Gasteiger charge is -2.37. The molecule has 2 amide bonds.